The second-order valence-corrected chi connectivity index (χ2v) is 5.77. The fourth-order valence-corrected chi connectivity index (χ4v) is 3.25. The molecule has 1 saturated heterocycles. The zero-order valence-corrected chi connectivity index (χ0v) is 12.4. The van der Waals surface area contributed by atoms with Gasteiger partial charge in [0.05, 0.1) is 12.3 Å². The molecule has 2 amide bonds. The SMILES string of the molecule is CC(=O)Nc1ccc(CC(=O)N2CSCC2C(=O)O)cc1. The fraction of sp³-hybridized carbons (Fsp3) is 0.357. The Morgan fingerprint density at radius 2 is 2.00 bits per heavy atom. The first-order valence-electron chi connectivity index (χ1n) is 6.44. The lowest BCUT2D eigenvalue weighted by molar-refractivity contribution is -0.147. The molecule has 1 aromatic rings. The summed E-state index contributed by atoms with van der Waals surface area (Å²) in [5, 5.41) is 11.7. The van der Waals surface area contributed by atoms with Crippen molar-refractivity contribution in [1.29, 1.82) is 0 Å². The summed E-state index contributed by atoms with van der Waals surface area (Å²) in [5.41, 5.74) is 1.45. The monoisotopic (exact) mass is 308 g/mol. The van der Waals surface area contributed by atoms with Crippen LogP contribution in [-0.4, -0.2) is 45.5 Å². The van der Waals surface area contributed by atoms with E-state index in [9.17, 15) is 14.4 Å². The number of hydrogen-bond donors (Lipinski definition) is 2. The van der Waals surface area contributed by atoms with Crippen LogP contribution in [0.15, 0.2) is 24.3 Å². The van der Waals surface area contributed by atoms with Crippen LogP contribution in [0, 0.1) is 0 Å². The maximum atomic E-state index is 12.2. The first-order valence-corrected chi connectivity index (χ1v) is 7.59. The van der Waals surface area contributed by atoms with Gasteiger partial charge >= 0.3 is 5.97 Å². The van der Waals surface area contributed by atoms with Crippen molar-refractivity contribution >= 4 is 35.2 Å². The molecule has 2 rings (SSSR count). The van der Waals surface area contributed by atoms with E-state index < -0.39 is 12.0 Å². The van der Waals surface area contributed by atoms with Crippen molar-refractivity contribution < 1.29 is 19.5 Å². The number of benzene rings is 1. The minimum absolute atomic E-state index is 0.155. The molecule has 0 spiro atoms. The molecule has 6 nitrogen and oxygen atoms in total. The van der Waals surface area contributed by atoms with Gasteiger partial charge in [-0.1, -0.05) is 12.1 Å². The van der Waals surface area contributed by atoms with Crippen molar-refractivity contribution in [2.24, 2.45) is 0 Å². The Morgan fingerprint density at radius 1 is 1.33 bits per heavy atom. The molecule has 1 aliphatic heterocycles. The van der Waals surface area contributed by atoms with Gasteiger partial charge in [-0.05, 0) is 17.7 Å². The number of hydrogen-bond acceptors (Lipinski definition) is 4. The topological polar surface area (TPSA) is 86.7 Å². The summed E-state index contributed by atoms with van der Waals surface area (Å²) in [6.45, 7) is 1.43. The number of thioether (sulfide) groups is 1. The highest BCUT2D eigenvalue weighted by Crippen LogP contribution is 2.22. The Labute approximate surface area is 126 Å². The third kappa shape index (κ3) is 3.98. The van der Waals surface area contributed by atoms with Crippen molar-refractivity contribution in [2.45, 2.75) is 19.4 Å². The van der Waals surface area contributed by atoms with E-state index in [2.05, 4.69) is 5.32 Å². The standard InChI is InChI=1S/C14H16N2O4S/c1-9(17)15-11-4-2-10(3-5-11)6-13(18)16-8-21-7-12(16)14(19)20/h2-5,12H,6-8H2,1H3,(H,15,17)(H,19,20). The van der Waals surface area contributed by atoms with E-state index in [-0.39, 0.29) is 18.2 Å². The number of anilines is 1. The van der Waals surface area contributed by atoms with Crippen LogP contribution in [0.1, 0.15) is 12.5 Å². The van der Waals surface area contributed by atoms with Gasteiger partial charge in [0.2, 0.25) is 11.8 Å². The molecule has 0 bridgehead atoms. The van der Waals surface area contributed by atoms with Crippen molar-refractivity contribution in [3.8, 4) is 0 Å². The van der Waals surface area contributed by atoms with Crippen LogP contribution in [0.5, 0.6) is 0 Å². The molecule has 0 aromatic heterocycles. The van der Waals surface area contributed by atoms with E-state index in [0.717, 1.165) is 5.56 Å². The van der Waals surface area contributed by atoms with Gasteiger partial charge in [0.1, 0.15) is 6.04 Å². The van der Waals surface area contributed by atoms with Crippen LogP contribution in [0.2, 0.25) is 0 Å². The van der Waals surface area contributed by atoms with Gasteiger partial charge in [-0.15, -0.1) is 11.8 Å². The van der Waals surface area contributed by atoms with Gasteiger partial charge in [0.15, 0.2) is 0 Å². The van der Waals surface area contributed by atoms with Crippen molar-refractivity contribution in [2.75, 3.05) is 16.9 Å². The zero-order valence-electron chi connectivity index (χ0n) is 11.5. The van der Waals surface area contributed by atoms with Crippen LogP contribution in [-0.2, 0) is 20.8 Å². The largest absolute Gasteiger partial charge is 0.480 e. The van der Waals surface area contributed by atoms with E-state index in [1.165, 1.54) is 23.6 Å². The molecule has 112 valence electrons. The molecule has 21 heavy (non-hydrogen) atoms. The predicted molar refractivity (Wildman–Crippen MR) is 80.0 cm³/mol. The normalized spacial score (nSPS) is 17.6. The molecule has 2 N–H and O–H groups in total. The number of nitrogens with one attached hydrogen (secondary N) is 1. The molecule has 1 unspecified atom stereocenters. The number of carboxylic acids is 1. The van der Waals surface area contributed by atoms with Crippen LogP contribution >= 0.6 is 11.8 Å². The summed E-state index contributed by atoms with van der Waals surface area (Å²) < 4.78 is 0. The Kier molecular flexibility index (Phi) is 4.85. The Hall–Kier alpha value is -2.02. The lowest BCUT2D eigenvalue weighted by Gasteiger charge is -2.20. The van der Waals surface area contributed by atoms with Gasteiger partial charge in [-0.3, -0.25) is 9.59 Å². The number of nitrogens with zero attached hydrogens (tertiary/aromatic N) is 1. The number of aliphatic carboxylic acids is 1. The highest BCUT2D eigenvalue weighted by molar-refractivity contribution is 7.99. The molecular weight excluding hydrogens is 292 g/mol. The predicted octanol–water partition coefficient (Wildman–Crippen LogP) is 1.17. The second kappa shape index (κ2) is 6.62. The number of carbonyl (C=O) groups is 3. The molecule has 1 heterocycles. The number of carbonyl (C=O) groups excluding carboxylic acids is 2. The smallest absolute Gasteiger partial charge is 0.327 e. The fourth-order valence-electron chi connectivity index (χ4n) is 2.08. The molecule has 7 heteroatoms. The van der Waals surface area contributed by atoms with E-state index in [1.807, 2.05) is 0 Å². The van der Waals surface area contributed by atoms with Gasteiger partial charge < -0.3 is 15.3 Å². The molecule has 1 fully saturated rings. The quantitative estimate of drug-likeness (QED) is 0.872. The van der Waals surface area contributed by atoms with Gasteiger partial charge in [0.25, 0.3) is 0 Å². The summed E-state index contributed by atoms with van der Waals surface area (Å²) in [6, 6.07) is 6.21. The lowest BCUT2D eigenvalue weighted by atomic mass is 10.1. The number of carboxylic acid groups (broad SMARTS) is 1. The van der Waals surface area contributed by atoms with E-state index in [1.54, 1.807) is 24.3 Å². The average Bonchev–Trinajstić information content (AvgIpc) is 2.90. The van der Waals surface area contributed by atoms with Crippen LogP contribution < -0.4 is 5.32 Å². The molecule has 1 aromatic carbocycles. The summed E-state index contributed by atoms with van der Waals surface area (Å²) in [4.78, 5) is 35.6. The van der Waals surface area contributed by atoms with Crippen molar-refractivity contribution in [3.05, 3.63) is 29.8 Å². The highest BCUT2D eigenvalue weighted by atomic mass is 32.2. The van der Waals surface area contributed by atoms with Crippen LogP contribution in [0.3, 0.4) is 0 Å². The molecule has 1 aliphatic rings. The third-order valence-electron chi connectivity index (χ3n) is 3.12. The van der Waals surface area contributed by atoms with Crippen LogP contribution in [0.25, 0.3) is 0 Å². The van der Waals surface area contributed by atoms with Gasteiger partial charge in [0, 0.05) is 18.4 Å². The Morgan fingerprint density at radius 3 is 2.57 bits per heavy atom. The average molecular weight is 308 g/mol. The van der Waals surface area contributed by atoms with Gasteiger partial charge in [-0.25, -0.2) is 4.79 Å². The van der Waals surface area contributed by atoms with Crippen molar-refractivity contribution in [1.82, 2.24) is 4.90 Å². The minimum Gasteiger partial charge on any atom is -0.480 e. The molecule has 1 atom stereocenters. The summed E-state index contributed by atoms with van der Waals surface area (Å²) in [7, 11) is 0. The lowest BCUT2D eigenvalue weighted by Crippen LogP contribution is -2.42. The number of rotatable bonds is 4. The highest BCUT2D eigenvalue weighted by Gasteiger charge is 2.34. The summed E-state index contributed by atoms with van der Waals surface area (Å²) >= 11 is 1.44. The second-order valence-electron chi connectivity index (χ2n) is 4.77. The van der Waals surface area contributed by atoms with E-state index >= 15 is 0 Å². The van der Waals surface area contributed by atoms with Gasteiger partial charge in [-0.2, -0.15) is 0 Å². The van der Waals surface area contributed by atoms with E-state index in [0.29, 0.717) is 17.3 Å². The first kappa shape index (κ1) is 15.4. The Bertz CT molecular complexity index is 559. The zero-order chi connectivity index (χ0) is 15.4. The maximum Gasteiger partial charge on any atom is 0.327 e. The molecule has 0 aliphatic carbocycles. The maximum absolute atomic E-state index is 12.2. The summed E-state index contributed by atoms with van der Waals surface area (Å²) in [5.74, 6) is -0.464. The minimum atomic E-state index is -0.964. The van der Waals surface area contributed by atoms with Crippen molar-refractivity contribution in [3.63, 3.8) is 0 Å². The molecule has 0 saturated carbocycles. The summed E-state index contributed by atoms with van der Waals surface area (Å²) in [6.07, 6.45) is 0.157. The first-order chi connectivity index (χ1) is 9.97. The van der Waals surface area contributed by atoms with E-state index in [4.69, 9.17) is 5.11 Å². The third-order valence-corrected chi connectivity index (χ3v) is 4.13. The van der Waals surface area contributed by atoms with Crippen LogP contribution in [0.4, 0.5) is 5.69 Å². The number of amides is 2. The molecule has 0 radical (unpaired) electrons. The Balaban J connectivity index is 1.99. The molecular formula is C14H16N2O4S.